The van der Waals surface area contributed by atoms with Crippen molar-refractivity contribution in [3.8, 4) is 5.75 Å². The Labute approximate surface area is 235 Å². The number of aliphatic hydroxyl groups is 1. The van der Waals surface area contributed by atoms with E-state index in [0.717, 1.165) is 50.5 Å². The Morgan fingerprint density at radius 2 is 2.10 bits per heavy atom. The van der Waals surface area contributed by atoms with Crippen LogP contribution in [0, 0.1) is 22.2 Å². The molecule has 2 saturated carbocycles. The smallest absolute Gasteiger partial charge is 0.344 e. The van der Waals surface area contributed by atoms with Crippen LogP contribution in [0.4, 0.5) is 0 Å². The second-order valence-corrected chi connectivity index (χ2v) is 13.4. The van der Waals surface area contributed by atoms with Crippen molar-refractivity contribution in [2.45, 2.75) is 82.1 Å². The van der Waals surface area contributed by atoms with E-state index in [1.165, 1.54) is 23.1 Å². The van der Waals surface area contributed by atoms with Crippen LogP contribution in [-0.2, 0) is 25.5 Å². The van der Waals surface area contributed by atoms with Crippen LogP contribution in [-0.4, -0.2) is 72.8 Å². The summed E-state index contributed by atoms with van der Waals surface area (Å²) in [5, 5.41) is 10.6. The van der Waals surface area contributed by atoms with Crippen LogP contribution < -0.4 is 4.74 Å². The predicted molar refractivity (Wildman–Crippen MR) is 149 cm³/mol. The van der Waals surface area contributed by atoms with Gasteiger partial charge in [-0.1, -0.05) is 13.0 Å². The van der Waals surface area contributed by atoms with E-state index in [4.69, 9.17) is 14.2 Å². The second kappa shape index (κ2) is 12.6. The fourth-order valence-electron chi connectivity index (χ4n) is 7.36. The summed E-state index contributed by atoms with van der Waals surface area (Å²) >= 11 is 0.841. The maximum absolute atomic E-state index is 12.4. The average molecular weight is 563 g/mol. The van der Waals surface area contributed by atoms with Gasteiger partial charge in [0.15, 0.2) is 6.61 Å². The molecule has 3 aliphatic carbocycles. The molecule has 4 rings (SSSR count). The Morgan fingerprint density at radius 1 is 1.31 bits per heavy atom. The van der Waals surface area contributed by atoms with E-state index < -0.39 is 16.8 Å². The van der Waals surface area contributed by atoms with Crippen LogP contribution in [0.2, 0.25) is 0 Å². The van der Waals surface area contributed by atoms with Crippen molar-refractivity contribution in [2.24, 2.45) is 21.8 Å². The molecule has 0 saturated heterocycles. The first kappa shape index (κ1) is 29.8. The van der Waals surface area contributed by atoms with Crippen molar-refractivity contribution < 1.29 is 28.9 Å². The van der Waals surface area contributed by atoms with Gasteiger partial charge >= 0.3 is 5.97 Å². The van der Waals surface area contributed by atoms with Crippen LogP contribution in [0.15, 0.2) is 22.8 Å². The molecule has 39 heavy (non-hydrogen) atoms. The molecule has 1 aromatic carbocycles. The van der Waals surface area contributed by atoms with E-state index in [2.05, 4.69) is 23.6 Å². The molecule has 10 heteroatoms. The number of carbonyl (C=O) groups is 2. The zero-order chi connectivity index (χ0) is 28.2. The molecule has 0 aromatic heterocycles. The largest absolute Gasteiger partial charge is 0.482 e. The third kappa shape index (κ3) is 6.28. The predicted octanol–water partition coefficient (Wildman–Crippen LogP) is 4.49. The number of benzene rings is 1. The van der Waals surface area contributed by atoms with E-state index in [1.807, 2.05) is 19.9 Å². The van der Waals surface area contributed by atoms with Gasteiger partial charge < -0.3 is 24.2 Å². The van der Waals surface area contributed by atoms with Gasteiger partial charge in [0.25, 0.3) is 0 Å². The molecule has 3 aliphatic rings. The number of rotatable bonds is 13. The second-order valence-electron chi connectivity index (χ2n) is 12.0. The summed E-state index contributed by atoms with van der Waals surface area (Å²) in [5.41, 5.74) is 2.76. The molecule has 0 spiro atoms. The number of ether oxygens (including phenoxy) is 3. The standard InChI is InChI=1S/C29H42N2O7S/c1-28(2,39-30-35)25(16-36-4)31(18-32)13-14-37-27(34)17-38-20-6-8-21-19(15-20)5-7-23-22(21)11-12-29(3)24(23)9-10-26(29)33/h6,8,15,18,22-26,33H,5,7,9-14,16-17H2,1-4H3. The third-order valence-corrected chi connectivity index (χ3v) is 10.4. The molecule has 1 aromatic rings. The molecule has 2 fully saturated rings. The van der Waals surface area contributed by atoms with Crippen molar-refractivity contribution in [1.82, 2.24) is 4.90 Å². The summed E-state index contributed by atoms with van der Waals surface area (Å²) in [7, 11) is 1.52. The number of aliphatic hydroxyl groups excluding tert-OH is 1. The molecular formula is C29H42N2O7S. The summed E-state index contributed by atoms with van der Waals surface area (Å²) in [6, 6.07) is 5.73. The lowest BCUT2D eigenvalue weighted by atomic mass is 9.55. The van der Waals surface area contributed by atoms with Gasteiger partial charge in [0, 0.05) is 23.6 Å². The van der Waals surface area contributed by atoms with E-state index in [0.29, 0.717) is 29.9 Å². The first-order valence-electron chi connectivity index (χ1n) is 13.9. The lowest BCUT2D eigenvalue weighted by Gasteiger charge is -2.50. The first-order valence-corrected chi connectivity index (χ1v) is 14.7. The first-order chi connectivity index (χ1) is 18.6. The number of nitrogens with zero attached hydrogens (tertiary/aromatic N) is 2. The lowest BCUT2D eigenvalue weighted by molar-refractivity contribution is -0.147. The molecule has 216 valence electrons. The number of hydrogen-bond acceptors (Lipinski definition) is 9. The SMILES string of the molecule is COCC(N(C=O)CCOC(=O)COc1ccc2c(c1)CCC1C2CCC2(C)C(O)CCC12)C(C)(C)SN=O. The van der Waals surface area contributed by atoms with Gasteiger partial charge in [-0.2, -0.15) is 0 Å². The third-order valence-electron chi connectivity index (χ3n) is 9.55. The molecule has 9 nitrogen and oxygen atoms in total. The number of carbonyl (C=O) groups excluding carboxylic acids is 2. The molecule has 0 heterocycles. The maximum Gasteiger partial charge on any atom is 0.344 e. The topological polar surface area (TPSA) is 115 Å². The van der Waals surface area contributed by atoms with Crippen molar-refractivity contribution in [3.63, 3.8) is 0 Å². The van der Waals surface area contributed by atoms with Gasteiger partial charge in [0.1, 0.15) is 12.4 Å². The zero-order valence-electron chi connectivity index (χ0n) is 23.5. The molecule has 1 N–H and O–H groups in total. The molecular weight excluding hydrogens is 520 g/mol. The van der Waals surface area contributed by atoms with Crippen molar-refractivity contribution in [1.29, 1.82) is 0 Å². The van der Waals surface area contributed by atoms with Crippen LogP contribution >= 0.6 is 11.9 Å². The molecule has 6 atom stereocenters. The number of methoxy groups -OCH3 is 1. The van der Waals surface area contributed by atoms with Gasteiger partial charge in [-0.25, -0.2) is 4.79 Å². The number of aryl methyl sites for hydroxylation is 1. The minimum absolute atomic E-state index is 0.00154. The Morgan fingerprint density at radius 3 is 2.82 bits per heavy atom. The maximum atomic E-state index is 12.4. The van der Waals surface area contributed by atoms with Gasteiger partial charge in [-0.15, -0.1) is 4.91 Å². The zero-order valence-corrected chi connectivity index (χ0v) is 24.3. The summed E-state index contributed by atoms with van der Waals surface area (Å²) in [6.07, 6.45) is 6.85. The van der Waals surface area contributed by atoms with Gasteiger partial charge in [-0.3, -0.25) is 4.79 Å². The lowest BCUT2D eigenvalue weighted by Crippen LogP contribution is -2.50. The van der Waals surface area contributed by atoms with Crippen molar-refractivity contribution in [3.05, 3.63) is 34.2 Å². The Balaban J connectivity index is 1.28. The number of hydrogen-bond donors (Lipinski definition) is 1. The Kier molecular flexibility index (Phi) is 9.60. The molecule has 6 unspecified atom stereocenters. The molecule has 0 aliphatic heterocycles. The number of nitroso groups, excluding NO2 is 1. The normalized spacial score (nSPS) is 28.4. The monoisotopic (exact) mass is 562 g/mol. The van der Waals surface area contributed by atoms with E-state index in [9.17, 15) is 19.6 Å². The van der Waals surface area contributed by atoms with Crippen LogP contribution in [0.3, 0.4) is 0 Å². The van der Waals surface area contributed by atoms with Crippen LogP contribution in [0.1, 0.15) is 69.9 Å². The van der Waals surface area contributed by atoms with E-state index in [1.54, 1.807) is 0 Å². The van der Waals surface area contributed by atoms with Crippen LogP contribution in [0.25, 0.3) is 0 Å². The minimum atomic E-state index is -0.673. The summed E-state index contributed by atoms with van der Waals surface area (Å²) in [6.45, 7) is 6.05. The van der Waals surface area contributed by atoms with Gasteiger partial charge in [0.2, 0.25) is 6.41 Å². The van der Waals surface area contributed by atoms with E-state index >= 15 is 0 Å². The highest BCUT2D eigenvalue weighted by Crippen LogP contribution is 2.60. The highest BCUT2D eigenvalue weighted by molar-refractivity contribution is 7.99. The highest BCUT2D eigenvalue weighted by atomic mass is 32.2. The average Bonchev–Trinajstić information content (AvgIpc) is 3.22. The number of fused-ring (bicyclic) bond motifs is 5. The Bertz CT molecular complexity index is 1040. The fourth-order valence-corrected chi connectivity index (χ4v) is 7.88. The summed E-state index contributed by atoms with van der Waals surface area (Å²) in [4.78, 5) is 36.4. The quantitative estimate of drug-likeness (QED) is 0.162. The van der Waals surface area contributed by atoms with Crippen LogP contribution in [0.5, 0.6) is 5.75 Å². The van der Waals surface area contributed by atoms with Crippen molar-refractivity contribution in [2.75, 3.05) is 33.5 Å². The Hall–Kier alpha value is -2.17. The number of amides is 1. The molecule has 0 radical (unpaired) electrons. The summed E-state index contributed by atoms with van der Waals surface area (Å²) in [5.74, 6) is 1.89. The van der Waals surface area contributed by atoms with Gasteiger partial charge in [0.05, 0.1) is 30.0 Å². The fraction of sp³-hybridized carbons (Fsp3) is 0.724. The molecule has 0 bridgehead atoms. The minimum Gasteiger partial charge on any atom is -0.482 e. The van der Waals surface area contributed by atoms with E-state index in [-0.39, 0.29) is 37.9 Å². The number of esters is 1. The highest BCUT2D eigenvalue weighted by Gasteiger charge is 2.54. The molecule has 1 amide bonds. The van der Waals surface area contributed by atoms with Gasteiger partial charge in [-0.05, 0) is 98.8 Å². The van der Waals surface area contributed by atoms with Crippen molar-refractivity contribution >= 4 is 24.3 Å². The summed E-state index contributed by atoms with van der Waals surface area (Å²) < 4.78 is 18.6.